The summed E-state index contributed by atoms with van der Waals surface area (Å²) in [4.78, 5) is 5.80. The first-order valence-corrected chi connectivity index (χ1v) is 10.8. The Morgan fingerprint density at radius 3 is 2.66 bits per heavy atom. The van der Waals surface area contributed by atoms with E-state index in [1.54, 1.807) is 11.3 Å². The third-order valence-corrected chi connectivity index (χ3v) is 6.56. The zero-order chi connectivity index (χ0) is 19.2. The molecule has 3 aromatic heterocycles. The van der Waals surface area contributed by atoms with Gasteiger partial charge in [0.2, 0.25) is 4.96 Å². The van der Waals surface area contributed by atoms with Gasteiger partial charge in [-0.2, -0.15) is 9.61 Å². The van der Waals surface area contributed by atoms with Crippen LogP contribution in [0.5, 0.6) is 0 Å². The third-order valence-electron chi connectivity index (χ3n) is 5.64. The Labute approximate surface area is 172 Å². The number of rotatable bonds is 3. The quantitative estimate of drug-likeness (QED) is 0.436. The molecule has 0 unspecified atom stereocenters. The van der Waals surface area contributed by atoms with Crippen LogP contribution in [-0.2, 0) is 19.3 Å². The van der Waals surface area contributed by atoms with E-state index >= 15 is 0 Å². The van der Waals surface area contributed by atoms with Crippen LogP contribution in [-0.4, -0.2) is 24.8 Å². The molecule has 0 spiro atoms. The Balaban J connectivity index is 1.53. The van der Waals surface area contributed by atoms with E-state index in [2.05, 4.69) is 58.7 Å². The van der Waals surface area contributed by atoms with Gasteiger partial charge < -0.3 is 0 Å². The lowest BCUT2D eigenvalue weighted by molar-refractivity contribution is 0.672. The van der Waals surface area contributed by atoms with Crippen molar-refractivity contribution in [3.8, 4) is 10.6 Å². The fraction of sp³-hybridized carbons (Fsp3) is 0.217. The standard InChI is InChI=1S/C23H19N5S/c1-2-8-15(9-3-1)14-20-25-26-23-28(20)27-22(29-23)21-16-10-4-6-12-18(16)24-19-13-7-5-11-17(19)21/h1-4,6,8-10,12H,5,7,11,13-14H2. The van der Waals surface area contributed by atoms with Crippen LogP contribution in [0.25, 0.3) is 26.4 Å². The highest BCUT2D eigenvalue weighted by molar-refractivity contribution is 7.20. The summed E-state index contributed by atoms with van der Waals surface area (Å²) in [6, 6.07) is 18.8. The maximum Gasteiger partial charge on any atom is 0.234 e. The van der Waals surface area contributed by atoms with Gasteiger partial charge in [0.05, 0.1) is 5.52 Å². The molecule has 5 nitrogen and oxygen atoms in total. The number of para-hydroxylation sites is 1. The molecule has 1 aliphatic carbocycles. The Kier molecular flexibility index (Phi) is 3.90. The molecule has 6 rings (SSSR count). The lowest BCUT2D eigenvalue weighted by Crippen LogP contribution is -2.08. The van der Waals surface area contributed by atoms with Gasteiger partial charge in [0.1, 0.15) is 5.01 Å². The lowest BCUT2D eigenvalue weighted by atomic mass is 9.90. The number of hydrogen-bond donors (Lipinski definition) is 0. The van der Waals surface area contributed by atoms with Gasteiger partial charge in [0.25, 0.3) is 0 Å². The summed E-state index contributed by atoms with van der Waals surface area (Å²) in [5.74, 6) is 0.876. The molecular formula is C23H19N5S. The van der Waals surface area contributed by atoms with Crippen molar-refractivity contribution in [3.63, 3.8) is 0 Å². The number of aryl methyl sites for hydroxylation is 1. The normalized spacial score (nSPS) is 13.8. The number of hydrogen-bond acceptors (Lipinski definition) is 5. The minimum Gasteiger partial charge on any atom is -0.253 e. The van der Waals surface area contributed by atoms with Gasteiger partial charge in [-0.25, -0.2) is 0 Å². The highest BCUT2D eigenvalue weighted by Gasteiger charge is 2.22. The Bertz CT molecular complexity index is 1340. The number of benzene rings is 2. The number of fused-ring (bicyclic) bond motifs is 3. The molecule has 29 heavy (non-hydrogen) atoms. The van der Waals surface area contributed by atoms with Gasteiger partial charge in [-0.15, -0.1) is 10.2 Å². The molecule has 0 aliphatic heterocycles. The molecule has 2 aromatic carbocycles. The van der Waals surface area contributed by atoms with E-state index in [-0.39, 0.29) is 0 Å². The molecule has 0 radical (unpaired) electrons. The molecule has 0 saturated heterocycles. The Hall–Kier alpha value is -3.12. The minimum absolute atomic E-state index is 0.723. The predicted molar refractivity (Wildman–Crippen MR) is 115 cm³/mol. The van der Waals surface area contributed by atoms with E-state index < -0.39 is 0 Å². The Morgan fingerprint density at radius 2 is 1.72 bits per heavy atom. The molecule has 1 aliphatic rings. The fourth-order valence-electron chi connectivity index (χ4n) is 4.26. The van der Waals surface area contributed by atoms with Gasteiger partial charge in [-0.05, 0) is 42.9 Å². The van der Waals surface area contributed by atoms with Crippen molar-refractivity contribution in [2.45, 2.75) is 32.1 Å². The van der Waals surface area contributed by atoms with Crippen molar-refractivity contribution < 1.29 is 0 Å². The summed E-state index contributed by atoms with van der Waals surface area (Å²) in [6.07, 6.45) is 5.27. The molecule has 142 valence electrons. The smallest absolute Gasteiger partial charge is 0.234 e. The molecule has 0 fully saturated rings. The minimum atomic E-state index is 0.723. The molecule has 6 heteroatoms. The largest absolute Gasteiger partial charge is 0.253 e. The molecule has 0 amide bonds. The molecular weight excluding hydrogens is 378 g/mol. The van der Waals surface area contributed by atoms with Crippen LogP contribution in [0.15, 0.2) is 54.6 Å². The number of nitrogens with zero attached hydrogens (tertiary/aromatic N) is 5. The van der Waals surface area contributed by atoms with Crippen molar-refractivity contribution in [1.82, 2.24) is 24.8 Å². The van der Waals surface area contributed by atoms with Crippen LogP contribution in [0.4, 0.5) is 0 Å². The first-order chi connectivity index (χ1) is 14.4. The average Bonchev–Trinajstić information content (AvgIpc) is 3.34. The topological polar surface area (TPSA) is 56.0 Å². The molecule has 0 atom stereocenters. The van der Waals surface area contributed by atoms with Crippen molar-refractivity contribution in [1.29, 1.82) is 0 Å². The summed E-state index contributed by atoms with van der Waals surface area (Å²) in [5.41, 5.74) is 6.11. The van der Waals surface area contributed by atoms with E-state index in [9.17, 15) is 0 Å². The van der Waals surface area contributed by atoms with Gasteiger partial charge in [0.15, 0.2) is 5.82 Å². The number of pyridine rings is 1. The maximum atomic E-state index is 4.98. The lowest BCUT2D eigenvalue weighted by Gasteiger charge is -2.19. The molecule has 3 heterocycles. The van der Waals surface area contributed by atoms with E-state index in [0.29, 0.717) is 0 Å². The van der Waals surface area contributed by atoms with E-state index in [1.165, 1.54) is 40.6 Å². The van der Waals surface area contributed by atoms with Crippen LogP contribution in [0, 0.1) is 0 Å². The monoisotopic (exact) mass is 397 g/mol. The van der Waals surface area contributed by atoms with Gasteiger partial charge in [-0.3, -0.25) is 4.98 Å². The van der Waals surface area contributed by atoms with Gasteiger partial charge >= 0.3 is 0 Å². The summed E-state index contributed by atoms with van der Waals surface area (Å²) in [7, 11) is 0. The first kappa shape index (κ1) is 16.8. The highest BCUT2D eigenvalue weighted by atomic mass is 32.1. The zero-order valence-electron chi connectivity index (χ0n) is 15.9. The summed E-state index contributed by atoms with van der Waals surface area (Å²) in [6.45, 7) is 0. The van der Waals surface area contributed by atoms with Crippen LogP contribution >= 0.6 is 11.3 Å². The van der Waals surface area contributed by atoms with Crippen LogP contribution < -0.4 is 0 Å². The second kappa shape index (κ2) is 6.74. The maximum absolute atomic E-state index is 4.98. The van der Waals surface area contributed by atoms with E-state index in [0.717, 1.165) is 40.6 Å². The summed E-state index contributed by atoms with van der Waals surface area (Å²) < 4.78 is 1.91. The second-order valence-electron chi connectivity index (χ2n) is 7.52. The van der Waals surface area contributed by atoms with Gasteiger partial charge in [0, 0.05) is 23.1 Å². The van der Waals surface area contributed by atoms with E-state index in [4.69, 9.17) is 10.1 Å². The molecule has 5 aromatic rings. The van der Waals surface area contributed by atoms with Crippen molar-refractivity contribution in [2.75, 3.05) is 0 Å². The summed E-state index contributed by atoms with van der Waals surface area (Å²) in [5, 5.41) is 16.0. The second-order valence-corrected chi connectivity index (χ2v) is 8.47. The molecule has 0 N–H and O–H groups in total. The summed E-state index contributed by atoms with van der Waals surface area (Å²) >= 11 is 1.62. The predicted octanol–water partition coefficient (Wildman–Crippen LogP) is 4.87. The Morgan fingerprint density at radius 1 is 0.897 bits per heavy atom. The third kappa shape index (κ3) is 2.83. The zero-order valence-corrected chi connectivity index (χ0v) is 16.7. The SMILES string of the molecule is c1ccc(Cc2nnc3sc(-c4c5c(nc6ccccc46)CCCC5)nn23)cc1. The average molecular weight is 398 g/mol. The van der Waals surface area contributed by atoms with Crippen molar-refractivity contribution in [3.05, 3.63) is 77.2 Å². The van der Waals surface area contributed by atoms with Crippen LogP contribution in [0.3, 0.4) is 0 Å². The highest BCUT2D eigenvalue weighted by Crippen LogP contribution is 2.38. The van der Waals surface area contributed by atoms with E-state index in [1.807, 2.05) is 10.6 Å². The van der Waals surface area contributed by atoms with Crippen LogP contribution in [0.1, 0.15) is 35.5 Å². The number of aromatic nitrogens is 5. The molecule has 0 saturated carbocycles. The fourth-order valence-corrected chi connectivity index (χ4v) is 5.21. The van der Waals surface area contributed by atoms with Crippen molar-refractivity contribution in [2.24, 2.45) is 0 Å². The van der Waals surface area contributed by atoms with Crippen molar-refractivity contribution >= 4 is 27.2 Å². The molecule has 0 bridgehead atoms. The first-order valence-electron chi connectivity index (χ1n) is 10.0. The van der Waals surface area contributed by atoms with Gasteiger partial charge in [-0.1, -0.05) is 59.9 Å². The van der Waals surface area contributed by atoms with Crippen LogP contribution in [0.2, 0.25) is 0 Å².